The van der Waals surface area contributed by atoms with Crippen LogP contribution in [0.2, 0.25) is 0 Å². The van der Waals surface area contributed by atoms with Crippen LogP contribution in [-0.4, -0.2) is 43.3 Å². The summed E-state index contributed by atoms with van der Waals surface area (Å²) >= 11 is 0. The van der Waals surface area contributed by atoms with E-state index < -0.39 is 0 Å². The average molecular weight is 236 g/mol. The van der Waals surface area contributed by atoms with Gasteiger partial charge in [-0.3, -0.25) is 0 Å². The number of likely N-dealkylation sites (N-methyl/N-ethyl adjacent to an activating group) is 1. The van der Waals surface area contributed by atoms with Gasteiger partial charge < -0.3 is 15.0 Å². The van der Waals surface area contributed by atoms with Crippen LogP contribution in [-0.2, 0) is 0 Å². The van der Waals surface area contributed by atoms with E-state index in [1.54, 1.807) is 7.11 Å². The monoisotopic (exact) mass is 236 g/mol. The molecule has 0 atom stereocenters. The molecule has 17 heavy (non-hydrogen) atoms. The molecule has 0 amide bonds. The molecule has 5 nitrogen and oxygen atoms in total. The van der Waals surface area contributed by atoms with Crippen molar-refractivity contribution in [3.8, 4) is 5.88 Å². The van der Waals surface area contributed by atoms with Crippen LogP contribution < -0.4 is 15.0 Å². The van der Waals surface area contributed by atoms with E-state index >= 15 is 0 Å². The fourth-order valence-corrected chi connectivity index (χ4v) is 1.66. The molecular formula is C12H20N4O. The summed E-state index contributed by atoms with van der Waals surface area (Å²) in [5.41, 5.74) is 0. The van der Waals surface area contributed by atoms with Gasteiger partial charge in [-0.2, -0.15) is 4.98 Å². The Morgan fingerprint density at radius 2 is 2.24 bits per heavy atom. The van der Waals surface area contributed by atoms with Crippen molar-refractivity contribution in [2.45, 2.75) is 25.8 Å². The molecule has 0 aliphatic heterocycles. The molecule has 0 radical (unpaired) electrons. The maximum atomic E-state index is 5.15. The molecular weight excluding hydrogens is 216 g/mol. The van der Waals surface area contributed by atoms with E-state index in [2.05, 4.69) is 20.2 Å². The van der Waals surface area contributed by atoms with Crippen LogP contribution in [0.15, 0.2) is 6.07 Å². The van der Waals surface area contributed by atoms with Crippen LogP contribution in [0.5, 0.6) is 5.88 Å². The van der Waals surface area contributed by atoms with Crippen molar-refractivity contribution in [2.75, 3.05) is 32.1 Å². The zero-order valence-electron chi connectivity index (χ0n) is 10.7. The van der Waals surface area contributed by atoms with Gasteiger partial charge in [0.15, 0.2) is 0 Å². The molecule has 1 heterocycles. The van der Waals surface area contributed by atoms with E-state index in [4.69, 9.17) is 4.74 Å². The van der Waals surface area contributed by atoms with Crippen molar-refractivity contribution < 1.29 is 4.74 Å². The van der Waals surface area contributed by atoms with E-state index in [-0.39, 0.29) is 0 Å². The molecule has 1 aromatic rings. The van der Waals surface area contributed by atoms with Gasteiger partial charge in [-0.15, -0.1) is 0 Å². The third-order valence-electron chi connectivity index (χ3n) is 2.86. The smallest absolute Gasteiger partial charge is 0.218 e. The third-order valence-corrected chi connectivity index (χ3v) is 2.86. The molecule has 0 saturated heterocycles. The summed E-state index contributed by atoms with van der Waals surface area (Å²) in [5.74, 6) is 2.27. The normalized spacial score (nSPS) is 14.8. The van der Waals surface area contributed by atoms with Gasteiger partial charge in [0, 0.05) is 32.2 Å². The first-order valence-corrected chi connectivity index (χ1v) is 6.03. The summed E-state index contributed by atoms with van der Waals surface area (Å²) in [6, 6.07) is 2.62. The Bertz CT molecular complexity index is 379. The summed E-state index contributed by atoms with van der Waals surface area (Å²) in [5, 5.41) is 3.48. The Morgan fingerprint density at radius 3 is 2.88 bits per heavy atom. The first-order chi connectivity index (χ1) is 8.19. The summed E-state index contributed by atoms with van der Waals surface area (Å²) in [7, 11) is 3.66. The Morgan fingerprint density at radius 1 is 1.47 bits per heavy atom. The second kappa shape index (κ2) is 5.31. The molecule has 0 aromatic carbocycles. The van der Waals surface area contributed by atoms with Gasteiger partial charge in [-0.05, 0) is 19.8 Å². The lowest BCUT2D eigenvalue weighted by Crippen LogP contribution is -2.30. The molecule has 0 bridgehead atoms. The number of aryl methyl sites for hydroxylation is 1. The average Bonchev–Trinajstić information content (AvgIpc) is 3.12. The molecule has 2 rings (SSSR count). The Hall–Kier alpha value is -1.36. The number of hydrogen-bond acceptors (Lipinski definition) is 5. The topological polar surface area (TPSA) is 50.3 Å². The van der Waals surface area contributed by atoms with E-state index in [1.807, 2.05) is 20.0 Å². The van der Waals surface area contributed by atoms with Gasteiger partial charge in [0.25, 0.3) is 0 Å². The Balaban J connectivity index is 1.91. The molecule has 1 aliphatic carbocycles. The SMILES string of the molecule is COc1cc(N(C)CCNC2CC2)nc(C)n1. The molecule has 94 valence electrons. The maximum Gasteiger partial charge on any atom is 0.218 e. The first kappa shape index (κ1) is 12.1. The van der Waals surface area contributed by atoms with Gasteiger partial charge in [0.2, 0.25) is 5.88 Å². The number of ether oxygens (including phenoxy) is 1. The van der Waals surface area contributed by atoms with Crippen LogP contribution in [0.1, 0.15) is 18.7 Å². The minimum Gasteiger partial charge on any atom is -0.481 e. The van der Waals surface area contributed by atoms with Crippen LogP contribution in [0, 0.1) is 6.92 Å². The first-order valence-electron chi connectivity index (χ1n) is 6.03. The maximum absolute atomic E-state index is 5.15. The fraction of sp³-hybridized carbons (Fsp3) is 0.667. The lowest BCUT2D eigenvalue weighted by atomic mass is 10.4. The second-order valence-electron chi connectivity index (χ2n) is 4.47. The minimum atomic E-state index is 0.620. The highest BCUT2D eigenvalue weighted by molar-refractivity contribution is 5.40. The van der Waals surface area contributed by atoms with Crippen molar-refractivity contribution in [3.05, 3.63) is 11.9 Å². The van der Waals surface area contributed by atoms with E-state index in [0.29, 0.717) is 5.88 Å². The van der Waals surface area contributed by atoms with Gasteiger partial charge >= 0.3 is 0 Å². The summed E-state index contributed by atoms with van der Waals surface area (Å²) in [6.45, 7) is 3.81. The van der Waals surface area contributed by atoms with Crippen LogP contribution in [0.3, 0.4) is 0 Å². The van der Waals surface area contributed by atoms with Crippen molar-refractivity contribution in [3.63, 3.8) is 0 Å². The number of hydrogen-bond donors (Lipinski definition) is 1. The highest BCUT2D eigenvalue weighted by atomic mass is 16.5. The lowest BCUT2D eigenvalue weighted by molar-refractivity contribution is 0.395. The Labute approximate surface area is 102 Å². The molecule has 1 N–H and O–H groups in total. The summed E-state index contributed by atoms with van der Waals surface area (Å²) in [4.78, 5) is 10.7. The number of rotatable bonds is 6. The highest BCUT2D eigenvalue weighted by Gasteiger charge is 2.19. The fourth-order valence-electron chi connectivity index (χ4n) is 1.66. The summed E-state index contributed by atoms with van der Waals surface area (Å²) < 4.78 is 5.15. The second-order valence-corrected chi connectivity index (χ2v) is 4.47. The van der Waals surface area contributed by atoms with Crippen LogP contribution in [0.4, 0.5) is 5.82 Å². The van der Waals surface area contributed by atoms with Gasteiger partial charge in [0.05, 0.1) is 7.11 Å². The van der Waals surface area contributed by atoms with E-state index in [9.17, 15) is 0 Å². The molecule has 0 spiro atoms. The number of nitrogens with one attached hydrogen (secondary N) is 1. The molecule has 1 saturated carbocycles. The van der Waals surface area contributed by atoms with E-state index in [1.165, 1.54) is 12.8 Å². The lowest BCUT2D eigenvalue weighted by Gasteiger charge is -2.19. The largest absolute Gasteiger partial charge is 0.481 e. The number of aromatic nitrogens is 2. The van der Waals surface area contributed by atoms with Crippen molar-refractivity contribution in [1.29, 1.82) is 0 Å². The predicted octanol–water partition coefficient (Wildman–Crippen LogP) is 0.982. The molecule has 1 aliphatic rings. The molecule has 1 fully saturated rings. The zero-order valence-corrected chi connectivity index (χ0v) is 10.7. The van der Waals surface area contributed by atoms with Gasteiger partial charge in [0.1, 0.15) is 11.6 Å². The Kier molecular flexibility index (Phi) is 3.78. The number of nitrogens with zero attached hydrogens (tertiary/aromatic N) is 3. The van der Waals surface area contributed by atoms with Crippen molar-refractivity contribution in [1.82, 2.24) is 15.3 Å². The quantitative estimate of drug-likeness (QED) is 0.798. The molecule has 1 aromatic heterocycles. The zero-order chi connectivity index (χ0) is 12.3. The number of methoxy groups -OCH3 is 1. The van der Waals surface area contributed by atoms with Crippen molar-refractivity contribution >= 4 is 5.82 Å². The van der Waals surface area contributed by atoms with Crippen LogP contribution in [0.25, 0.3) is 0 Å². The standard InChI is InChI=1S/C12H20N4O/c1-9-14-11(8-12(15-9)17-3)16(2)7-6-13-10-4-5-10/h8,10,13H,4-7H2,1-3H3. The predicted molar refractivity (Wildman–Crippen MR) is 67.6 cm³/mol. The van der Waals surface area contributed by atoms with Crippen LogP contribution >= 0.6 is 0 Å². The third kappa shape index (κ3) is 3.56. The minimum absolute atomic E-state index is 0.620. The van der Waals surface area contributed by atoms with Gasteiger partial charge in [-0.25, -0.2) is 4.98 Å². The van der Waals surface area contributed by atoms with Gasteiger partial charge in [-0.1, -0.05) is 0 Å². The highest BCUT2D eigenvalue weighted by Crippen LogP contribution is 2.18. The number of anilines is 1. The molecule has 5 heteroatoms. The molecule has 0 unspecified atom stereocenters. The van der Waals surface area contributed by atoms with Crippen molar-refractivity contribution in [2.24, 2.45) is 0 Å². The summed E-state index contributed by atoms with van der Waals surface area (Å²) in [6.07, 6.45) is 2.65. The van der Waals surface area contributed by atoms with E-state index in [0.717, 1.165) is 30.8 Å².